The summed E-state index contributed by atoms with van der Waals surface area (Å²) in [5.41, 5.74) is 1.41. The Balaban J connectivity index is 1.49. The summed E-state index contributed by atoms with van der Waals surface area (Å²) >= 11 is 0. The van der Waals surface area contributed by atoms with Gasteiger partial charge < -0.3 is 28.8 Å². The smallest absolute Gasteiger partial charge is 0.119 e. The van der Waals surface area contributed by atoms with Crippen LogP contribution < -0.4 is 4.74 Å². The molecular weight excluding hydrogens is 396 g/mol. The van der Waals surface area contributed by atoms with Gasteiger partial charge >= 0.3 is 0 Å². The minimum atomic E-state index is 0.0432. The maximum atomic E-state index is 8.59. The van der Waals surface area contributed by atoms with E-state index in [2.05, 4.69) is 31.2 Å². The minimum Gasteiger partial charge on any atom is -0.491 e. The summed E-state index contributed by atoms with van der Waals surface area (Å²) in [5, 5.41) is 8.59. The molecule has 1 aliphatic carbocycles. The van der Waals surface area contributed by atoms with Crippen LogP contribution in [0.1, 0.15) is 63.4 Å². The molecular formula is C25H42O6. The topological polar surface area (TPSA) is 66.4 Å². The second-order valence-corrected chi connectivity index (χ2v) is 8.03. The second kappa shape index (κ2) is 17.4. The van der Waals surface area contributed by atoms with E-state index in [9.17, 15) is 0 Å². The fourth-order valence-electron chi connectivity index (χ4n) is 3.83. The lowest BCUT2D eigenvalue weighted by atomic mass is 9.83. The summed E-state index contributed by atoms with van der Waals surface area (Å²) in [4.78, 5) is 0. The molecule has 31 heavy (non-hydrogen) atoms. The van der Waals surface area contributed by atoms with Crippen LogP contribution >= 0.6 is 0 Å². The highest BCUT2D eigenvalue weighted by atomic mass is 16.6. The van der Waals surface area contributed by atoms with Crippen LogP contribution in [0.25, 0.3) is 0 Å². The van der Waals surface area contributed by atoms with Gasteiger partial charge in [0, 0.05) is 6.61 Å². The van der Waals surface area contributed by atoms with Crippen LogP contribution in [0.5, 0.6) is 5.75 Å². The molecule has 1 saturated carbocycles. The van der Waals surface area contributed by atoms with Crippen molar-refractivity contribution >= 4 is 0 Å². The molecule has 1 N–H and O–H groups in total. The summed E-state index contributed by atoms with van der Waals surface area (Å²) in [5.74, 6) is 1.53. The van der Waals surface area contributed by atoms with Crippen molar-refractivity contribution in [1.29, 1.82) is 0 Å². The zero-order valence-corrected chi connectivity index (χ0v) is 19.3. The molecule has 1 aromatic rings. The molecule has 0 heterocycles. The molecule has 0 spiro atoms. The summed E-state index contributed by atoms with van der Waals surface area (Å²) in [6.45, 7) is 6.69. The molecule has 0 atom stereocenters. The Morgan fingerprint density at radius 2 is 1.35 bits per heavy atom. The highest BCUT2D eigenvalue weighted by Crippen LogP contribution is 2.34. The molecule has 6 heteroatoms. The van der Waals surface area contributed by atoms with Crippen molar-refractivity contribution in [2.45, 2.75) is 63.9 Å². The summed E-state index contributed by atoms with van der Waals surface area (Å²) in [6, 6.07) is 8.54. The van der Waals surface area contributed by atoms with Gasteiger partial charge in [-0.2, -0.15) is 0 Å². The number of unbranched alkanes of at least 4 members (excludes halogenated alkanes) is 2. The second-order valence-electron chi connectivity index (χ2n) is 8.03. The van der Waals surface area contributed by atoms with Crippen LogP contribution in [0.3, 0.4) is 0 Å². The number of aliphatic hydroxyl groups is 1. The van der Waals surface area contributed by atoms with Gasteiger partial charge in [0.05, 0.1) is 52.4 Å². The molecule has 2 rings (SSSR count). The molecule has 0 aromatic heterocycles. The van der Waals surface area contributed by atoms with E-state index in [0.717, 1.165) is 12.4 Å². The predicted octanol–water partition coefficient (Wildman–Crippen LogP) is 4.34. The fraction of sp³-hybridized carbons (Fsp3) is 0.760. The highest BCUT2D eigenvalue weighted by molar-refractivity contribution is 5.29. The van der Waals surface area contributed by atoms with Gasteiger partial charge in [-0.15, -0.1) is 0 Å². The lowest BCUT2D eigenvalue weighted by Gasteiger charge is -2.29. The first-order valence-corrected chi connectivity index (χ1v) is 12.0. The van der Waals surface area contributed by atoms with Crippen molar-refractivity contribution in [1.82, 2.24) is 0 Å². The van der Waals surface area contributed by atoms with Gasteiger partial charge in [-0.05, 0) is 55.7 Å². The first-order valence-electron chi connectivity index (χ1n) is 12.0. The van der Waals surface area contributed by atoms with E-state index in [-0.39, 0.29) is 6.61 Å². The Kier molecular flexibility index (Phi) is 14.6. The zero-order valence-electron chi connectivity index (χ0n) is 19.3. The van der Waals surface area contributed by atoms with E-state index in [1.54, 1.807) is 0 Å². The third-order valence-corrected chi connectivity index (χ3v) is 5.60. The maximum Gasteiger partial charge on any atom is 0.119 e. The van der Waals surface area contributed by atoms with Crippen LogP contribution in [-0.4, -0.2) is 70.7 Å². The first-order chi connectivity index (χ1) is 15.3. The average molecular weight is 439 g/mol. The zero-order chi connectivity index (χ0) is 22.0. The molecule has 0 saturated heterocycles. The van der Waals surface area contributed by atoms with Crippen LogP contribution in [-0.2, 0) is 18.9 Å². The normalized spacial score (nSPS) is 18.9. The standard InChI is InChI=1S/C25H42O6/c1-2-3-4-14-30-24-9-5-22(6-10-24)23-7-11-25(12-8-23)31-21-20-29-19-18-28-17-16-27-15-13-26/h7-8,11-12,22,24,26H,2-6,9-10,13-21H2,1H3. The number of aliphatic hydroxyl groups excluding tert-OH is 1. The van der Waals surface area contributed by atoms with Crippen molar-refractivity contribution < 1.29 is 28.8 Å². The summed E-state index contributed by atoms with van der Waals surface area (Å²) in [6.07, 6.45) is 8.94. The Morgan fingerprint density at radius 1 is 0.742 bits per heavy atom. The lowest BCUT2D eigenvalue weighted by molar-refractivity contribution is 0.00361. The average Bonchev–Trinajstić information content (AvgIpc) is 2.81. The number of rotatable bonds is 18. The summed E-state index contributed by atoms with van der Waals surface area (Å²) in [7, 11) is 0. The minimum absolute atomic E-state index is 0.0432. The summed E-state index contributed by atoms with van der Waals surface area (Å²) < 4.78 is 27.8. The Morgan fingerprint density at radius 3 is 1.97 bits per heavy atom. The van der Waals surface area contributed by atoms with Gasteiger partial charge in [-0.3, -0.25) is 0 Å². The van der Waals surface area contributed by atoms with E-state index in [1.165, 1.54) is 50.5 Å². The monoisotopic (exact) mass is 438 g/mol. The van der Waals surface area contributed by atoms with E-state index >= 15 is 0 Å². The van der Waals surface area contributed by atoms with Crippen molar-refractivity contribution in [2.24, 2.45) is 0 Å². The third-order valence-electron chi connectivity index (χ3n) is 5.60. The molecule has 178 valence electrons. The highest BCUT2D eigenvalue weighted by Gasteiger charge is 2.22. The Labute approximate surface area is 188 Å². The largest absolute Gasteiger partial charge is 0.491 e. The molecule has 0 bridgehead atoms. The predicted molar refractivity (Wildman–Crippen MR) is 122 cm³/mol. The van der Waals surface area contributed by atoms with Crippen LogP contribution in [0, 0.1) is 0 Å². The van der Waals surface area contributed by atoms with E-state index in [0.29, 0.717) is 58.3 Å². The maximum absolute atomic E-state index is 8.59. The van der Waals surface area contributed by atoms with E-state index < -0.39 is 0 Å². The number of ether oxygens (including phenoxy) is 5. The molecule has 0 aliphatic heterocycles. The lowest BCUT2D eigenvalue weighted by Crippen LogP contribution is -2.21. The van der Waals surface area contributed by atoms with Gasteiger partial charge in [-0.25, -0.2) is 0 Å². The van der Waals surface area contributed by atoms with Gasteiger partial charge in [0.15, 0.2) is 0 Å². The third kappa shape index (κ3) is 11.9. The Hall–Kier alpha value is -1.18. The molecule has 6 nitrogen and oxygen atoms in total. The van der Waals surface area contributed by atoms with Crippen LogP contribution in [0.15, 0.2) is 24.3 Å². The van der Waals surface area contributed by atoms with Gasteiger partial charge in [0.1, 0.15) is 12.4 Å². The number of hydrogen-bond acceptors (Lipinski definition) is 6. The molecule has 1 aromatic carbocycles. The van der Waals surface area contributed by atoms with Crippen LogP contribution in [0.4, 0.5) is 0 Å². The van der Waals surface area contributed by atoms with E-state index in [1.807, 2.05) is 0 Å². The molecule has 0 amide bonds. The van der Waals surface area contributed by atoms with Crippen molar-refractivity contribution in [3.05, 3.63) is 29.8 Å². The first kappa shape index (κ1) is 26.1. The number of hydrogen-bond donors (Lipinski definition) is 1. The van der Waals surface area contributed by atoms with Crippen LogP contribution in [0.2, 0.25) is 0 Å². The van der Waals surface area contributed by atoms with Gasteiger partial charge in [0.25, 0.3) is 0 Å². The Bertz CT molecular complexity index is 527. The molecule has 1 aliphatic rings. The SMILES string of the molecule is CCCCCOC1CCC(c2ccc(OCCOCCOCCOCCO)cc2)CC1. The number of benzene rings is 1. The van der Waals surface area contributed by atoms with Gasteiger partial charge in [0.2, 0.25) is 0 Å². The van der Waals surface area contributed by atoms with Crippen molar-refractivity contribution in [2.75, 3.05) is 59.5 Å². The fourth-order valence-corrected chi connectivity index (χ4v) is 3.83. The van der Waals surface area contributed by atoms with Crippen molar-refractivity contribution in [3.8, 4) is 5.75 Å². The van der Waals surface area contributed by atoms with E-state index in [4.69, 9.17) is 28.8 Å². The molecule has 0 unspecified atom stereocenters. The quantitative estimate of drug-likeness (QED) is 0.344. The molecule has 1 fully saturated rings. The van der Waals surface area contributed by atoms with Gasteiger partial charge in [-0.1, -0.05) is 31.9 Å². The molecule has 0 radical (unpaired) electrons. The van der Waals surface area contributed by atoms with Crippen molar-refractivity contribution in [3.63, 3.8) is 0 Å².